The van der Waals surface area contributed by atoms with Crippen molar-refractivity contribution < 1.29 is 14.1 Å². The number of benzene rings is 2. The number of carbonyl (C=O) groups excluding carboxylic acids is 1. The number of nitrogens with one attached hydrogen (secondary N) is 1. The summed E-state index contributed by atoms with van der Waals surface area (Å²) in [6.45, 7) is 1.94. The maximum absolute atomic E-state index is 12.2. The van der Waals surface area contributed by atoms with Crippen LogP contribution in [-0.2, 0) is 11.2 Å². The fourth-order valence-electron chi connectivity index (χ4n) is 2.57. The summed E-state index contributed by atoms with van der Waals surface area (Å²) < 4.78 is 10.4. The fraction of sp³-hybridized carbons (Fsp3) is 0.250. The van der Waals surface area contributed by atoms with Crippen molar-refractivity contribution in [3.05, 3.63) is 66.1 Å². The molecule has 0 aliphatic heterocycles. The molecule has 0 aliphatic carbocycles. The van der Waals surface area contributed by atoms with Crippen molar-refractivity contribution in [3.63, 3.8) is 0 Å². The number of nitrogens with zero attached hydrogens (tertiary/aromatic N) is 2. The van der Waals surface area contributed by atoms with Gasteiger partial charge in [0.25, 0.3) is 0 Å². The van der Waals surface area contributed by atoms with E-state index >= 15 is 0 Å². The maximum Gasteiger partial charge on any atom is 0.227 e. The minimum atomic E-state index is -0.0871. The van der Waals surface area contributed by atoms with Gasteiger partial charge in [-0.25, -0.2) is 0 Å². The first-order valence-corrected chi connectivity index (χ1v) is 8.47. The van der Waals surface area contributed by atoms with Crippen molar-refractivity contribution in [1.82, 2.24) is 15.5 Å². The van der Waals surface area contributed by atoms with Gasteiger partial charge in [0.2, 0.25) is 17.6 Å². The molecule has 3 aromatic rings. The number of amides is 1. The van der Waals surface area contributed by atoms with Gasteiger partial charge in [0.05, 0.1) is 13.2 Å². The van der Waals surface area contributed by atoms with Gasteiger partial charge in [-0.2, -0.15) is 4.98 Å². The molecule has 1 amide bonds. The van der Waals surface area contributed by atoms with Gasteiger partial charge < -0.3 is 14.6 Å². The average molecular weight is 351 g/mol. The zero-order chi connectivity index (χ0) is 18.4. The lowest BCUT2D eigenvalue weighted by Gasteiger charge is -2.14. The summed E-state index contributed by atoms with van der Waals surface area (Å²) in [5.41, 5.74) is 1.91. The van der Waals surface area contributed by atoms with E-state index in [1.807, 2.05) is 61.5 Å². The number of methoxy groups -OCH3 is 1. The third kappa shape index (κ3) is 4.47. The van der Waals surface area contributed by atoms with Crippen molar-refractivity contribution in [2.24, 2.45) is 0 Å². The second kappa shape index (κ2) is 8.29. The molecule has 0 radical (unpaired) electrons. The summed E-state index contributed by atoms with van der Waals surface area (Å²) in [5, 5.41) is 6.93. The van der Waals surface area contributed by atoms with Gasteiger partial charge in [-0.05, 0) is 24.6 Å². The summed E-state index contributed by atoms with van der Waals surface area (Å²) in [6.07, 6.45) is 0.692. The molecule has 0 saturated heterocycles. The van der Waals surface area contributed by atoms with Crippen LogP contribution in [0.25, 0.3) is 11.4 Å². The third-order valence-electron chi connectivity index (χ3n) is 4.06. The molecular weight excluding hydrogens is 330 g/mol. The van der Waals surface area contributed by atoms with Gasteiger partial charge in [0.1, 0.15) is 5.75 Å². The fourth-order valence-corrected chi connectivity index (χ4v) is 2.57. The average Bonchev–Trinajstić information content (AvgIpc) is 3.16. The topological polar surface area (TPSA) is 77.2 Å². The molecule has 0 saturated carbocycles. The van der Waals surface area contributed by atoms with Crippen LogP contribution in [0.15, 0.2) is 59.1 Å². The minimum Gasteiger partial charge on any atom is -0.497 e. The molecule has 1 unspecified atom stereocenters. The first-order valence-electron chi connectivity index (χ1n) is 8.47. The van der Waals surface area contributed by atoms with Crippen molar-refractivity contribution >= 4 is 5.91 Å². The summed E-state index contributed by atoms with van der Waals surface area (Å²) in [7, 11) is 1.63. The highest BCUT2D eigenvalue weighted by Crippen LogP contribution is 2.18. The Kier molecular flexibility index (Phi) is 5.63. The van der Waals surface area contributed by atoms with Gasteiger partial charge >= 0.3 is 0 Å². The molecule has 0 spiro atoms. The number of hydrogen-bond donors (Lipinski definition) is 1. The highest BCUT2D eigenvalue weighted by molar-refractivity contribution is 5.76. The van der Waals surface area contributed by atoms with E-state index in [4.69, 9.17) is 9.26 Å². The van der Waals surface area contributed by atoms with Gasteiger partial charge in [-0.1, -0.05) is 47.6 Å². The summed E-state index contributed by atoms with van der Waals surface area (Å²) >= 11 is 0. The molecule has 0 bridgehead atoms. The Morgan fingerprint density at radius 3 is 2.58 bits per heavy atom. The molecule has 2 aromatic carbocycles. The van der Waals surface area contributed by atoms with E-state index in [1.165, 1.54) is 0 Å². The number of hydrogen-bond acceptors (Lipinski definition) is 5. The Morgan fingerprint density at radius 2 is 1.88 bits per heavy atom. The predicted molar refractivity (Wildman–Crippen MR) is 97.6 cm³/mol. The standard InChI is InChI=1S/C20H21N3O3/c1-14(15-8-10-17(25-2)11-9-15)21-18(24)12-13-19-22-20(23-26-19)16-6-4-3-5-7-16/h3-11,14H,12-13H2,1-2H3,(H,21,24). The zero-order valence-corrected chi connectivity index (χ0v) is 14.8. The molecule has 0 fully saturated rings. The minimum absolute atomic E-state index is 0.0622. The Labute approximate surface area is 152 Å². The second-order valence-corrected chi connectivity index (χ2v) is 5.94. The maximum atomic E-state index is 12.2. The SMILES string of the molecule is COc1ccc(C(C)NC(=O)CCc2nc(-c3ccccc3)no2)cc1. The van der Waals surface area contributed by atoms with E-state index in [0.29, 0.717) is 18.1 Å². The molecule has 26 heavy (non-hydrogen) atoms. The lowest BCUT2D eigenvalue weighted by atomic mass is 10.1. The molecule has 1 heterocycles. The molecule has 1 N–H and O–H groups in total. The predicted octanol–water partition coefficient (Wildman–Crippen LogP) is 3.56. The largest absolute Gasteiger partial charge is 0.497 e. The van der Waals surface area contributed by atoms with E-state index in [2.05, 4.69) is 15.5 Å². The number of aryl methyl sites for hydroxylation is 1. The molecule has 1 atom stereocenters. The molecule has 6 nitrogen and oxygen atoms in total. The number of rotatable bonds is 7. The van der Waals surface area contributed by atoms with E-state index < -0.39 is 0 Å². The smallest absolute Gasteiger partial charge is 0.227 e. The van der Waals surface area contributed by atoms with Gasteiger partial charge in [-0.15, -0.1) is 0 Å². The molecule has 1 aromatic heterocycles. The molecule has 6 heteroatoms. The molecule has 134 valence electrons. The summed E-state index contributed by atoms with van der Waals surface area (Å²) in [5.74, 6) is 1.72. The molecular formula is C20H21N3O3. The van der Waals surface area contributed by atoms with Crippen LogP contribution in [0.1, 0.15) is 30.8 Å². The Bertz CT molecular complexity index is 844. The highest BCUT2D eigenvalue weighted by atomic mass is 16.5. The van der Waals surface area contributed by atoms with Crippen LogP contribution in [0.3, 0.4) is 0 Å². The van der Waals surface area contributed by atoms with E-state index in [0.717, 1.165) is 16.9 Å². The van der Waals surface area contributed by atoms with E-state index in [-0.39, 0.29) is 18.4 Å². The van der Waals surface area contributed by atoms with Crippen LogP contribution < -0.4 is 10.1 Å². The second-order valence-electron chi connectivity index (χ2n) is 5.94. The molecule has 3 rings (SSSR count). The number of ether oxygens (including phenoxy) is 1. The first-order chi connectivity index (χ1) is 12.7. The van der Waals surface area contributed by atoms with Crippen LogP contribution in [0.2, 0.25) is 0 Å². The Hall–Kier alpha value is -3.15. The quantitative estimate of drug-likeness (QED) is 0.704. The lowest BCUT2D eigenvalue weighted by Crippen LogP contribution is -2.26. The molecule has 0 aliphatic rings. The normalized spacial score (nSPS) is 11.8. The van der Waals surface area contributed by atoms with Gasteiger partial charge in [-0.3, -0.25) is 4.79 Å². The van der Waals surface area contributed by atoms with Crippen LogP contribution in [0.4, 0.5) is 0 Å². The van der Waals surface area contributed by atoms with Crippen molar-refractivity contribution in [1.29, 1.82) is 0 Å². The van der Waals surface area contributed by atoms with Gasteiger partial charge in [0.15, 0.2) is 0 Å². The Morgan fingerprint density at radius 1 is 1.15 bits per heavy atom. The monoisotopic (exact) mass is 351 g/mol. The summed E-state index contributed by atoms with van der Waals surface area (Å²) in [6, 6.07) is 17.1. The van der Waals surface area contributed by atoms with Crippen LogP contribution >= 0.6 is 0 Å². The van der Waals surface area contributed by atoms with E-state index in [1.54, 1.807) is 7.11 Å². The Balaban J connectivity index is 1.51. The zero-order valence-electron chi connectivity index (χ0n) is 14.8. The number of carbonyl (C=O) groups is 1. The van der Waals surface area contributed by atoms with E-state index in [9.17, 15) is 4.79 Å². The lowest BCUT2D eigenvalue weighted by molar-refractivity contribution is -0.121. The first kappa shape index (κ1) is 17.7. The summed E-state index contributed by atoms with van der Waals surface area (Å²) in [4.78, 5) is 16.5. The van der Waals surface area contributed by atoms with Crippen LogP contribution in [-0.4, -0.2) is 23.2 Å². The van der Waals surface area contributed by atoms with Crippen LogP contribution in [0, 0.1) is 0 Å². The number of aromatic nitrogens is 2. The van der Waals surface area contributed by atoms with Crippen molar-refractivity contribution in [3.8, 4) is 17.1 Å². The van der Waals surface area contributed by atoms with Gasteiger partial charge in [0, 0.05) is 18.4 Å². The highest BCUT2D eigenvalue weighted by Gasteiger charge is 2.13. The third-order valence-corrected chi connectivity index (χ3v) is 4.06. The van der Waals surface area contributed by atoms with Crippen molar-refractivity contribution in [2.45, 2.75) is 25.8 Å². The van der Waals surface area contributed by atoms with Crippen molar-refractivity contribution in [2.75, 3.05) is 7.11 Å². The van der Waals surface area contributed by atoms with Crippen LogP contribution in [0.5, 0.6) is 5.75 Å².